The molecule has 1 aliphatic rings. The Morgan fingerprint density at radius 2 is 1.71 bits per heavy atom. The maximum atomic E-state index is 13.2. The monoisotopic (exact) mass is 572 g/mol. The van der Waals surface area contributed by atoms with E-state index >= 15 is 0 Å². The summed E-state index contributed by atoms with van der Waals surface area (Å²) in [6.45, 7) is 3.60. The number of aliphatic carboxylic acids is 2. The van der Waals surface area contributed by atoms with Crippen molar-refractivity contribution in [3.63, 3.8) is 0 Å². The van der Waals surface area contributed by atoms with Crippen LogP contribution in [-0.2, 0) is 9.59 Å². The Hall–Kier alpha value is -2.70. The first-order chi connectivity index (χ1) is 16.2. The molecule has 0 spiro atoms. The lowest BCUT2D eigenvalue weighted by Gasteiger charge is -2.57. The quantitative estimate of drug-likeness (QED) is 0.370. The van der Waals surface area contributed by atoms with Crippen molar-refractivity contribution in [2.45, 2.75) is 51.1 Å². The summed E-state index contributed by atoms with van der Waals surface area (Å²) in [6, 6.07) is 18.0. The van der Waals surface area contributed by atoms with E-state index in [0.29, 0.717) is 5.56 Å². The second kappa shape index (κ2) is 10.7. The van der Waals surface area contributed by atoms with Crippen LogP contribution in [-0.4, -0.2) is 34.2 Å². The van der Waals surface area contributed by atoms with Gasteiger partial charge < -0.3 is 15.5 Å². The van der Waals surface area contributed by atoms with E-state index in [9.17, 15) is 25.1 Å². The van der Waals surface area contributed by atoms with Crippen LogP contribution in [0.2, 0.25) is 0 Å². The van der Waals surface area contributed by atoms with Gasteiger partial charge in [0.05, 0.1) is 16.9 Å². The first-order valence-corrected chi connectivity index (χ1v) is 12.3. The number of allylic oxidation sites excluding steroid dienone is 1. The highest BCUT2D eigenvalue weighted by Gasteiger charge is 2.66. The largest absolute Gasteiger partial charge is 0.481 e. The van der Waals surface area contributed by atoms with Gasteiger partial charge in [-0.2, -0.15) is 5.26 Å². The number of hydrogen-bond donors (Lipinski definition) is 3. The lowest BCUT2D eigenvalue weighted by Crippen LogP contribution is -2.69. The third kappa shape index (κ3) is 4.62. The predicted molar refractivity (Wildman–Crippen MR) is 139 cm³/mol. The van der Waals surface area contributed by atoms with Gasteiger partial charge in [-0.25, -0.2) is 0 Å². The number of nitriles is 1. The fourth-order valence-corrected chi connectivity index (χ4v) is 6.16. The predicted octanol–water partition coefficient (Wildman–Crippen LogP) is 5.30. The van der Waals surface area contributed by atoms with Crippen LogP contribution in [0.25, 0.3) is 6.08 Å². The number of piperidine rings is 1. The molecule has 0 aliphatic carbocycles. The van der Waals surface area contributed by atoms with Gasteiger partial charge in [0.1, 0.15) is 0 Å². The summed E-state index contributed by atoms with van der Waals surface area (Å²) in [4.78, 5) is 26.2. The molecule has 1 heterocycles. The number of nitrogens with zero attached hydrogens (tertiary/aromatic N) is 1. The van der Waals surface area contributed by atoms with E-state index in [-0.39, 0.29) is 19.3 Å². The molecular weight excluding hydrogens is 543 g/mol. The molecule has 2 aromatic carbocycles. The molecule has 0 aromatic heterocycles. The summed E-state index contributed by atoms with van der Waals surface area (Å²) in [6.07, 6.45) is 3.90. The van der Waals surface area contributed by atoms with Crippen LogP contribution >= 0.6 is 22.6 Å². The Balaban J connectivity index is 2.26. The number of carboxylic acids is 2. The van der Waals surface area contributed by atoms with Crippen molar-refractivity contribution in [3.8, 4) is 6.07 Å². The van der Waals surface area contributed by atoms with Crippen LogP contribution in [0.4, 0.5) is 0 Å². The topological polar surface area (TPSA) is 110 Å². The fourth-order valence-electron chi connectivity index (χ4n) is 5.60. The molecule has 1 fully saturated rings. The molecule has 0 radical (unpaired) electrons. The van der Waals surface area contributed by atoms with Crippen LogP contribution in [0.5, 0.6) is 0 Å². The third-order valence-corrected chi connectivity index (χ3v) is 7.94. The highest BCUT2D eigenvalue weighted by Crippen LogP contribution is 2.59. The van der Waals surface area contributed by atoms with Gasteiger partial charge in [0, 0.05) is 28.0 Å². The average molecular weight is 572 g/mol. The van der Waals surface area contributed by atoms with E-state index in [0.717, 1.165) is 9.13 Å². The normalized spacial score (nSPS) is 28.9. The Morgan fingerprint density at radius 1 is 1.06 bits per heavy atom. The second-order valence-electron chi connectivity index (χ2n) is 8.96. The zero-order valence-corrected chi connectivity index (χ0v) is 21.4. The molecule has 1 saturated heterocycles. The molecule has 1 aliphatic heterocycles. The number of carboxylic acid groups (broad SMARTS) is 2. The van der Waals surface area contributed by atoms with Crippen molar-refractivity contribution in [1.82, 2.24) is 5.32 Å². The lowest BCUT2D eigenvalue weighted by molar-refractivity contribution is -0.172. The first kappa shape index (κ1) is 25.9. The Kier molecular flexibility index (Phi) is 8.16. The van der Waals surface area contributed by atoms with Gasteiger partial charge in [-0.15, -0.1) is 0 Å². The number of halogens is 1. The standard InChI is InChI=1S/C27H29IN2O4/c1-18-26(24(31)32,14-7-11-20-9-4-3-5-10-20)23(21-12-6-13-22(28)17-21)27(25(33)34,15-8-16-29)19(2)30-18/h3-7,9-13,17-19,23,30H,8,14-15H2,1-2H3,(H,31,32)(H,33,34). The molecule has 5 atom stereocenters. The minimum Gasteiger partial charge on any atom is -0.481 e. The highest BCUT2D eigenvalue weighted by atomic mass is 127. The van der Waals surface area contributed by atoms with Crippen molar-refractivity contribution in [2.75, 3.05) is 0 Å². The molecule has 0 saturated carbocycles. The molecule has 34 heavy (non-hydrogen) atoms. The molecular formula is C27H29IN2O4. The van der Waals surface area contributed by atoms with Crippen molar-refractivity contribution in [1.29, 1.82) is 5.26 Å². The summed E-state index contributed by atoms with van der Waals surface area (Å²) in [5.74, 6) is -3.00. The van der Waals surface area contributed by atoms with Crippen LogP contribution in [0.15, 0.2) is 60.7 Å². The van der Waals surface area contributed by atoms with Gasteiger partial charge >= 0.3 is 11.9 Å². The van der Waals surface area contributed by atoms with E-state index in [1.165, 1.54) is 0 Å². The van der Waals surface area contributed by atoms with Crippen molar-refractivity contribution < 1.29 is 19.8 Å². The van der Waals surface area contributed by atoms with Gasteiger partial charge in [0.2, 0.25) is 0 Å². The van der Waals surface area contributed by atoms with Crippen molar-refractivity contribution in [3.05, 3.63) is 75.4 Å². The van der Waals surface area contributed by atoms with Crippen molar-refractivity contribution >= 4 is 40.6 Å². The van der Waals surface area contributed by atoms with E-state index < -0.39 is 40.8 Å². The Morgan fingerprint density at radius 3 is 2.29 bits per heavy atom. The van der Waals surface area contributed by atoms with Gasteiger partial charge in [0.25, 0.3) is 0 Å². The van der Waals surface area contributed by atoms with Crippen LogP contribution in [0.1, 0.15) is 50.2 Å². The lowest BCUT2D eigenvalue weighted by atomic mass is 9.49. The number of nitrogens with one attached hydrogen (secondary N) is 1. The smallest absolute Gasteiger partial charge is 0.312 e. The van der Waals surface area contributed by atoms with Gasteiger partial charge in [0.15, 0.2) is 0 Å². The minimum absolute atomic E-state index is 0.0165. The first-order valence-electron chi connectivity index (χ1n) is 11.3. The fraction of sp³-hybridized carbons (Fsp3) is 0.370. The second-order valence-corrected chi connectivity index (χ2v) is 10.2. The van der Waals surface area contributed by atoms with Crippen molar-refractivity contribution in [2.24, 2.45) is 10.8 Å². The third-order valence-electron chi connectivity index (χ3n) is 7.27. The SMILES string of the molecule is CC1NC(C)C(CCC#N)(C(=O)O)C(c2cccc(I)c2)C1(CC=Cc1ccccc1)C(=O)O. The maximum absolute atomic E-state index is 13.2. The molecule has 3 rings (SSSR count). The maximum Gasteiger partial charge on any atom is 0.312 e. The number of rotatable bonds is 8. The molecule has 0 bridgehead atoms. The molecule has 3 N–H and O–H groups in total. The zero-order valence-electron chi connectivity index (χ0n) is 19.2. The molecule has 2 aromatic rings. The van der Waals surface area contributed by atoms with E-state index in [2.05, 4.69) is 34.0 Å². The van der Waals surface area contributed by atoms with Gasteiger partial charge in [-0.3, -0.25) is 9.59 Å². The molecule has 5 unspecified atom stereocenters. The van der Waals surface area contributed by atoms with Gasteiger partial charge in [-0.1, -0.05) is 54.6 Å². The Bertz CT molecular complexity index is 1110. The van der Waals surface area contributed by atoms with Gasteiger partial charge in [-0.05, 0) is 72.5 Å². The number of carbonyl (C=O) groups is 2. The van der Waals surface area contributed by atoms with E-state index in [1.807, 2.05) is 73.7 Å². The molecule has 6 nitrogen and oxygen atoms in total. The van der Waals surface area contributed by atoms with Crippen LogP contribution in [0.3, 0.4) is 0 Å². The van der Waals surface area contributed by atoms with Crippen LogP contribution in [0, 0.1) is 25.7 Å². The number of benzene rings is 2. The summed E-state index contributed by atoms with van der Waals surface area (Å²) in [7, 11) is 0. The summed E-state index contributed by atoms with van der Waals surface area (Å²) >= 11 is 2.16. The zero-order chi connectivity index (χ0) is 24.9. The summed E-state index contributed by atoms with van der Waals surface area (Å²) in [5.41, 5.74) is -1.32. The molecule has 0 amide bonds. The summed E-state index contributed by atoms with van der Waals surface area (Å²) in [5, 5.41) is 34.0. The highest BCUT2D eigenvalue weighted by molar-refractivity contribution is 14.1. The van der Waals surface area contributed by atoms with Crippen LogP contribution < -0.4 is 5.32 Å². The van der Waals surface area contributed by atoms with E-state index in [1.54, 1.807) is 6.92 Å². The molecule has 178 valence electrons. The summed E-state index contributed by atoms with van der Waals surface area (Å²) < 4.78 is 0.896. The minimum atomic E-state index is -1.48. The number of hydrogen-bond acceptors (Lipinski definition) is 4. The van der Waals surface area contributed by atoms with E-state index in [4.69, 9.17) is 0 Å². The average Bonchev–Trinajstić information content (AvgIpc) is 2.80. The molecule has 7 heteroatoms. The Labute approximate surface area is 213 Å².